The molecule has 0 radical (unpaired) electrons. The maximum absolute atomic E-state index is 15.8. The minimum absolute atomic E-state index is 0.0254. The van der Waals surface area contributed by atoms with Crippen LogP contribution in [0.4, 0.5) is 14.6 Å². The molecule has 23 heteroatoms. The first kappa shape index (κ1) is 29.9. The minimum atomic E-state index is -4.56. The first-order valence-electron chi connectivity index (χ1n) is 11.9. The summed E-state index contributed by atoms with van der Waals surface area (Å²) >= 11 is 9.90. The molecule has 3 aliphatic heterocycles. The van der Waals surface area contributed by atoms with Crippen LogP contribution in [-0.2, 0) is 56.2 Å². The lowest BCUT2D eigenvalue weighted by atomic mass is 10.1. The summed E-state index contributed by atoms with van der Waals surface area (Å²) in [4.78, 5) is 50.6. The quantitative estimate of drug-likeness (QED) is 0.259. The maximum Gasteiger partial charge on any atom is 0.330 e. The zero-order valence-corrected chi connectivity index (χ0v) is 24.1. The van der Waals surface area contributed by atoms with Crippen LogP contribution in [0.3, 0.4) is 0 Å². The molecule has 10 atom stereocenters. The molecule has 3 N–H and O–H groups in total. The van der Waals surface area contributed by atoms with Gasteiger partial charge in [-0.2, -0.15) is 0 Å². The molecule has 4 unspecified atom stereocenters. The van der Waals surface area contributed by atoms with Crippen molar-refractivity contribution >= 4 is 54.6 Å². The third kappa shape index (κ3) is 5.59. The lowest BCUT2D eigenvalue weighted by Crippen LogP contribution is -2.38. The molecule has 6 heterocycles. The zero-order chi connectivity index (χ0) is 30.0. The van der Waals surface area contributed by atoms with Crippen LogP contribution in [0.1, 0.15) is 12.5 Å². The largest absolute Gasteiger partial charge is 0.780 e. The first-order valence-corrected chi connectivity index (χ1v) is 17.1. The number of H-pyrrole nitrogens is 1. The van der Waals surface area contributed by atoms with Gasteiger partial charge in [-0.3, -0.25) is 23.5 Å². The molecule has 0 bridgehead atoms. The Balaban J connectivity index is 1.28. The van der Waals surface area contributed by atoms with Crippen molar-refractivity contribution in [2.24, 2.45) is 0 Å². The summed E-state index contributed by atoms with van der Waals surface area (Å²) in [5, 5.41) is 0. The van der Waals surface area contributed by atoms with Gasteiger partial charge in [-0.15, -0.1) is 0 Å². The number of imidazole rings is 1. The molecule has 0 aromatic carbocycles. The fraction of sp³-hybridized carbons (Fsp3) is 0.526. The summed E-state index contributed by atoms with van der Waals surface area (Å²) in [6.07, 6.45) is -10.6. The highest BCUT2D eigenvalue weighted by molar-refractivity contribution is 8.32. The number of alkyl halides is 2. The van der Waals surface area contributed by atoms with Crippen LogP contribution in [0.2, 0.25) is 0 Å². The summed E-state index contributed by atoms with van der Waals surface area (Å²) < 4.78 is 78.9. The molecule has 17 nitrogen and oxygen atoms in total. The van der Waals surface area contributed by atoms with Gasteiger partial charge in [0.2, 0.25) is 0 Å². The van der Waals surface area contributed by atoms with Gasteiger partial charge >= 0.3 is 5.69 Å². The molecule has 42 heavy (non-hydrogen) atoms. The van der Waals surface area contributed by atoms with E-state index in [0.717, 1.165) is 18.6 Å². The second-order valence-electron chi connectivity index (χ2n) is 9.25. The molecule has 3 fully saturated rings. The fourth-order valence-electron chi connectivity index (χ4n) is 4.73. The highest BCUT2D eigenvalue weighted by atomic mass is 32.7. The van der Waals surface area contributed by atoms with Crippen LogP contribution in [0, 0.1) is 0 Å². The number of nitrogens with two attached hydrogens (primary N) is 1. The van der Waals surface area contributed by atoms with Gasteiger partial charge in [-0.05, 0) is 0 Å². The molecule has 228 valence electrons. The zero-order valence-electron chi connectivity index (χ0n) is 20.7. The number of hydrogen-bond acceptors (Lipinski definition) is 16. The van der Waals surface area contributed by atoms with E-state index in [-0.39, 0.29) is 17.0 Å². The van der Waals surface area contributed by atoms with E-state index in [1.807, 2.05) is 4.98 Å². The Morgan fingerprint density at radius 2 is 1.69 bits per heavy atom. The Morgan fingerprint density at radius 1 is 1.05 bits per heavy atom. The van der Waals surface area contributed by atoms with Gasteiger partial charge in [0.1, 0.15) is 43.0 Å². The Hall–Kier alpha value is -2.16. The lowest BCUT2D eigenvalue weighted by Gasteiger charge is -2.36. The third-order valence-electron chi connectivity index (χ3n) is 6.62. The van der Waals surface area contributed by atoms with Crippen molar-refractivity contribution in [1.29, 1.82) is 0 Å². The molecule has 3 aromatic rings. The summed E-state index contributed by atoms with van der Waals surface area (Å²) in [6.45, 7) is -10.6. The number of anilines is 1. The number of ether oxygens (including phenoxy) is 2. The number of rotatable bonds is 2. The molecular formula is C19H19F2N7O10P2S2-2. The van der Waals surface area contributed by atoms with Crippen molar-refractivity contribution in [3.05, 3.63) is 45.8 Å². The van der Waals surface area contributed by atoms with E-state index < -0.39 is 87.2 Å². The van der Waals surface area contributed by atoms with Crippen LogP contribution < -0.4 is 21.9 Å². The van der Waals surface area contributed by atoms with Crippen molar-refractivity contribution < 1.29 is 45.8 Å². The molecule has 3 aromatic heterocycles. The fourth-order valence-corrected chi connectivity index (χ4v) is 7.57. The Kier molecular flexibility index (Phi) is 7.89. The third-order valence-corrected chi connectivity index (χ3v) is 9.70. The number of hydrogen-bond donors (Lipinski definition) is 2. The molecule has 6 rings (SSSR count). The Bertz CT molecular complexity index is 1730. The summed E-state index contributed by atoms with van der Waals surface area (Å²) in [5.74, 6) is 0.0254. The van der Waals surface area contributed by atoms with Crippen LogP contribution >= 0.6 is 13.5 Å². The molecule has 0 spiro atoms. The van der Waals surface area contributed by atoms with Crippen LogP contribution in [-0.4, -0.2) is 79.0 Å². The van der Waals surface area contributed by atoms with Crippen molar-refractivity contribution in [2.75, 3.05) is 18.9 Å². The molecule has 0 saturated carbocycles. The number of nitrogens with one attached hydrogen (secondary N) is 1. The Labute approximate surface area is 243 Å². The summed E-state index contributed by atoms with van der Waals surface area (Å²) in [6, 6.07) is 0.944. The van der Waals surface area contributed by atoms with Crippen LogP contribution in [0.25, 0.3) is 11.2 Å². The van der Waals surface area contributed by atoms with Gasteiger partial charge in [0, 0.05) is 12.3 Å². The van der Waals surface area contributed by atoms with E-state index in [2.05, 4.69) is 15.0 Å². The smallest absolute Gasteiger partial charge is 0.330 e. The minimum Gasteiger partial charge on any atom is -0.780 e. The summed E-state index contributed by atoms with van der Waals surface area (Å²) in [7, 11) is 0. The highest BCUT2D eigenvalue weighted by Gasteiger charge is 2.52. The normalized spacial score (nSPS) is 39.3. The highest BCUT2D eigenvalue weighted by Crippen LogP contribution is 2.54. The average molecular weight is 669 g/mol. The van der Waals surface area contributed by atoms with Gasteiger partial charge in [-0.1, -0.05) is 11.8 Å². The van der Waals surface area contributed by atoms with E-state index in [0.29, 0.717) is 4.57 Å². The molecular weight excluding hydrogens is 650 g/mol. The SMILES string of the molecule is Nc1ncnc2c1ncn2[C@@H]1O[C@@H]2COP(=O)([S-])O[C@@H]3C(F)[C@H](n4ccc(=O)[nH]c4=O)O[C@@H]3COP([O-])(=S)OC2[C@@H]1F. The van der Waals surface area contributed by atoms with E-state index in [9.17, 15) is 19.0 Å². The van der Waals surface area contributed by atoms with Gasteiger partial charge in [-0.25, -0.2) is 28.5 Å². The monoisotopic (exact) mass is 669 g/mol. The van der Waals surface area contributed by atoms with Crippen LogP contribution in [0.15, 0.2) is 34.5 Å². The number of nitrogens with zero attached hydrogens (tertiary/aromatic N) is 5. The number of aromatic amines is 1. The number of fused-ring (bicyclic) bond motifs is 3. The van der Waals surface area contributed by atoms with Gasteiger partial charge in [0.25, 0.3) is 5.56 Å². The van der Waals surface area contributed by atoms with Gasteiger partial charge in [0.05, 0.1) is 19.5 Å². The van der Waals surface area contributed by atoms with Gasteiger partial charge < -0.3 is 50.4 Å². The van der Waals surface area contributed by atoms with Crippen molar-refractivity contribution in [3.8, 4) is 0 Å². The van der Waals surface area contributed by atoms with E-state index >= 15 is 8.78 Å². The number of aromatic nitrogens is 6. The molecule has 3 saturated heterocycles. The van der Waals surface area contributed by atoms with E-state index in [4.69, 9.17) is 57.4 Å². The topological polar surface area (TPSA) is 220 Å². The van der Waals surface area contributed by atoms with Gasteiger partial charge in [0.15, 0.2) is 43.1 Å². The second kappa shape index (κ2) is 11.1. The number of halogens is 2. The predicted molar refractivity (Wildman–Crippen MR) is 140 cm³/mol. The van der Waals surface area contributed by atoms with E-state index in [1.54, 1.807) is 0 Å². The molecule has 0 amide bonds. The van der Waals surface area contributed by atoms with Crippen LogP contribution in [0.5, 0.6) is 0 Å². The molecule has 3 aliphatic rings. The lowest BCUT2D eigenvalue weighted by molar-refractivity contribution is -0.217. The first-order chi connectivity index (χ1) is 19.8. The predicted octanol–water partition coefficient (Wildman–Crippen LogP) is -0.513. The van der Waals surface area contributed by atoms with E-state index in [1.165, 1.54) is 10.9 Å². The number of nitrogen functional groups attached to an aromatic ring is 1. The van der Waals surface area contributed by atoms with Crippen molar-refractivity contribution in [2.45, 2.75) is 49.2 Å². The van der Waals surface area contributed by atoms with Crippen molar-refractivity contribution in [1.82, 2.24) is 29.1 Å². The maximum atomic E-state index is 15.8. The molecule has 0 aliphatic carbocycles. The van der Waals surface area contributed by atoms with Crippen molar-refractivity contribution in [3.63, 3.8) is 0 Å². The summed E-state index contributed by atoms with van der Waals surface area (Å²) in [5.41, 5.74) is 4.30. The Morgan fingerprint density at radius 3 is 2.38 bits per heavy atom. The average Bonchev–Trinajstić information content (AvgIpc) is 3.57. The standard InChI is InChI=1S/C19H21F2N7O10P2S2/c20-10-13-7(35-17(10)27-2-1-9(29)26-19(27)30)3-33-40(32,42)38-14-8(4-34-39(31,41)37-13)36-18(11(14)21)28-6-25-12-15(22)23-5-24-16(12)28/h1-2,5-8,10-11,13-14,17-18H,3-4H2,(H,31,41)(H,32,42)(H2,22,23,24)(H,26,29,30)/p-2/t7-,8-,10?,11+,13+,14?,17-,18-,39?,40?/m1/s1. The second-order valence-corrected chi connectivity index (χ2v) is 14.7.